The van der Waals surface area contributed by atoms with Crippen LogP contribution in [0.25, 0.3) is 0 Å². The number of nitrogens with two attached hydrogens (primary N) is 1. The number of carbonyl (C=O) groups excluding carboxylic acids is 1. The van der Waals surface area contributed by atoms with E-state index in [-0.39, 0.29) is 35.3 Å². The molecule has 2 aliphatic rings. The predicted molar refractivity (Wildman–Crippen MR) is 112 cm³/mol. The third-order valence-corrected chi connectivity index (χ3v) is 6.66. The van der Waals surface area contributed by atoms with Crippen molar-refractivity contribution >= 4 is 34.2 Å². The lowest BCUT2D eigenvalue weighted by atomic mass is 9.96. The van der Waals surface area contributed by atoms with Gasteiger partial charge in [0.2, 0.25) is 5.91 Å². The van der Waals surface area contributed by atoms with Crippen LogP contribution < -0.4 is 5.73 Å². The van der Waals surface area contributed by atoms with Gasteiger partial charge in [-0.1, -0.05) is 12.1 Å². The Hall–Kier alpha value is -1.64. The summed E-state index contributed by atoms with van der Waals surface area (Å²) in [5, 5.41) is 0. The normalized spacial score (nSPS) is 21.3. The number of carbonyl (C=O) groups is 1. The number of hydrogen-bond acceptors (Lipinski definition) is 5. The number of amides is 1. The molecule has 7 nitrogen and oxygen atoms in total. The molecule has 1 aromatic carbocycles. The van der Waals surface area contributed by atoms with Gasteiger partial charge in [-0.3, -0.25) is 4.79 Å². The zero-order valence-corrected chi connectivity index (χ0v) is 18.0. The number of hydrogen-bond donors (Lipinski definition) is 1. The molecule has 0 aliphatic carbocycles. The van der Waals surface area contributed by atoms with Crippen LogP contribution in [0, 0.1) is 0 Å². The number of rotatable bonds is 5. The van der Waals surface area contributed by atoms with Gasteiger partial charge in [-0.15, -0.1) is 16.8 Å². The Morgan fingerprint density at radius 2 is 2.07 bits per heavy atom. The van der Waals surface area contributed by atoms with Crippen molar-refractivity contribution in [2.75, 3.05) is 20.1 Å². The van der Waals surface area contributed by atoms with Crippen LogP contribution in [0.4, 0.5) is 0 Å². The van der Waals surface area contributed by atoms with Crippen molar-refractivity contribution < 1.29 is 13.2 Å². The van der Waals surface area contributed by atoms with Crippen molar-refractivity contribution in [3.63, 3.8) is 0 Å². The van der Waals surface area contributed by atoms with E-state index < -0.39 is 10.0 Å². The fraction of sp³-hybridized carbons (Fsp3) is 0.579. The van der Waals surface area contributed by atoms with Crippen molar-refractivity contribution in [2.24, 2.45) is 10.1 Å². The molecule has 156 valence electrons. The van der Waals surface area contributed by atoms with Crippen LogP contribution in [0.1, 0.15) is 44.6 Å². The maximum atomic E-state index is 12.6. The minimum Gasteiger partial charge on any atom is -0.358 e. The average molecular weight is 429 g/mol. The zero-order chi connectivity index (χ0) is 19.6. The van der Waals surface area contributed by atoms with Crippen molar-refractivity contribution in [1.82, 2.24) is 9.80 Å². The first-order valence-electron chi connectivity index (χ1n) is 9.52. The molecule has 3 rings (SSSR count). The molecule has 9 heteroatoms. The highest BCUT2D eigenvalue weighted by molar-refractivity contribution is 7.90. The molecule has 2 unspecified atom stereocenters. The Labute approximate surface area is 173 Å². The molecular formula is C19H29ClN4O3S. The summed E-state index contributed by atoms with van der Waals surface area (Å²) in [4.78, 5) is 16.6. The van der Waals surface area contributed by atoms with Gasteiger partial charge < -0.3 is 15.5 Å². The molecule has 0 radical (unpaired) electrons. The molecule has 2 atom stereocenters. The van der Waals surface area contributed by atoms with E-state index in [9.17, 15) is 13.2 Å². The fourth-order valence-corrected chi connectivity index (χ4v) is 5.15. The zero-order valence-electron chi connectivity index (χ0n) is 16.4. The molecule has 1 fully saturated rings. The first-order chi connectivity index (χ1) is 12.8. The number of sulfonamides is 1. The number of halogens is 1. The van der Waals surface area contributed by atoms with Gasteiger partial charge in [-0.25, -0.2) is 0 Å². The van der Waals surface area contributed by atoms with E-state index in [1.807, 2.05) is 23.8 Å². The number of fused-ring (bicyclic) bond motifs is 1. The second-order valence-electron chi connectivity index (χ2n) is 7.42. The highest BCUT2D eigenvalue weighted by atomic mass is 35.5. The quantitative estimate of drug-likeness (QED) is 0.773. The molecule has 2 aliphatic heterocycles. The third kappa shape index (κ3) is 4.67. The van der Waals surface area contributed by atoms with E-state index in [0.29, 0.717) is 30.8 Å². The number of amidine groups is 1. The van der Waals surface area contributed by atoms with Gasteiger partial charge in [0.15, 0.2) is 0 Å². The van der Waals surface area contributed by atoms with Crippen molar-refractivity contribution in [3.05, 3.63) is 29.8 Å². The summed E-state index contributed by atoms with van der Waals surface area (Å²) in [6.07, 6.45) is 4.18. The van der Waals surface area contributed by atoms with E-state index in [0.717, 1.165) is 25.8 Å². The van der Waals surface area contributed by atoms with Crippen molar-refractivity contribution in [3.8, 4) is 0 Å². The Morgan fingerprint density at radius 3 is 2.79 bits per heavy atom. The van der Waals surface area contributed by atoms with Crippen LogP contribution in [0.15, 0.2) is 33.6 Å². The van der Waals surface area contributed by atoms with Crippen molar-refractivity contribution in [2.45, 2.75) is 56.0 Å². The van der Waals surface area contributed by atoms with Gasteiger partial charge >= 0.3 is 0 Å². The van der Waals surface area contributed by atoms with Crippen molar-refractivity contribution in [1.29, 1.82) is 0 Å². The molecule has 1 amide bonds. The van der Waals surface area contributed by atoms with E-state index in [2.05, 4.69) is 4.40 Å². The first kappa shape index (κ1) is 22.6. The summed E-state index contributed by atoms with van der Waals surface area (Å²) in [5.41, 5.74) is 6.68. The molecular weight excluding hydrogens is 400 g/mol. The minimum absolute atomic E-state index is 0. The molecule has 1 saturated heterocycles. The SMILES string of the molecule is CC(N)C1CCCCN1C(=O)CCCN(C)C1=NS(=O)(=O)c2ccccc21.Cl. The molecule has 1 aromatic rings. The van der Waals surface area contributed by atoms with E-state index in [1.54, 1.807) is 24.3 Å². The summed E-state index contributed by atoms with van der Waals surface area (Å²) in [5.74, 6) is 0.580. The molecule has 0 spiro atoms. The number of piperidine rings is 1. The molecule has 0 bridgehead atoms. The van der Waals surface area contributed by atoms with Crippen LogP contribution in [0.3, 0.4) is 0 Å². The minimum atomic E-state index is -3.62. The van der Waals surface area contributed by atoms with Gasteiger partial charge in [0, 0.05) is 44.2 Å². The van der Waals surface area contributed by atoms with Crippen LogP contribution >= 0.6 is 12.4 Å². The molecule has 2 heterocycles. The molecule has 28 heavy (non-hydrogen) atoms. The van der Waals surface area contributed by atoms with Gasteiger partial charge in [0.25, 0.3) is 10.0 Å². The second-order valence-corrected chi connectivity index (χ2v) is 8.99. The van der Waals surface area contributed by atoms with Gasteiger partial charge in [0.05, 0.1) is 0 Å². The standard InChI is InChI=1S/C19H28N4O3S.ClH/c1-14(20)16-9-5-6-13-23(16)18(24)11-7-12-22(2)19-15-8-3-4-10-17(15)27(25,26)21-19;/h3-4,8,10,14,16H,5-7,9,11-13,20H2,1-2H3;1H. The Balaban J connectivity index is 0.00000280. The lowest BCUT2D eigenvalue weighted by Crippen LogP contribution is -2.51. The predicted octanol–water partition coefficient (Wildman–Crippen LogP) is 2.00. The smallest absolute Gasteiger partial charge is 0.285 e. The maximum absolute atomic E-state index is 12.6. The lowest BCUT2D eigenvalue weighted by Gasteiger charge is -2.38. The Kier molecular flexibility index (Phi) is 7.47. The number of likely N-dealkylation sites (tertiary alicyclic amines) is 1. The lowest BCUT2D eigenvalue weighted by molar-refractivity contribution is -0.135. The van der Waals surface area contributed by atoms with E-state index in [1.165, 1.54) is 0 Å². The summed E-state index contributed by atoms with van der Waals surface area (Å²) in [6.45, 7) is 3.30. The first-order valence-corrected chi connectivity index (χ1v) is 11.0. The number of benzene rings is 1. The van der Waals surface area contributed by atoms with Crippen LogP contribution in [0.2, 0.25) is 0 Å². The summed E-state index contributed by atoms with van der Waals surface area (Å²) >= 11 is 0. The van der Waals surface area contributed by atoms with E-state index >= 15 is 0 Å². The monoisotopic (exact) mass is 428 g/mol. The second kappa shape index (κ2) is 9.24. The summed E-state index contributed by atoms with van der Waals surface area (Å²) in [6, 6.07) is 6.94. The number of nitrogens with zero attached hydrogens (tertiary/aromatic N) is 3. The average Bonchev–Trinajstić information content (AvgIpc) is 2.93. The Bertz CT molecular complexity index is 841. The molecule has 0 saturated carbocycles. The molecule has 2 N–H and O–H groups in total. The van der Waals surface area contributed by atoms with Gasteiger partial charge in [0.1, 0.15) is 10.7 Å². The van der Waals surface area contributed by atoms with E-state index in [4.69, 9.17) is 5.73 Å². The third-order valence-electron chi connectivity index (χ3n) is 5.33. The topological polar surface area (TPSA) is 96.1 Å². The Morgan fingerprint density at radius 1 is 1.36 bits per heavy atom. The van der Waals surface area contributed by atoms with Gasteiger partial charge in [-0.05, 0) is 44.7 Å². The fourth-order valence-electron chi connectivity index (χ4n) is 3.89. The van der Waals surface area contributed by atoms with Gasteiger partial charge in [-0.2, -0.15) is 8.42 Å². The highest BCUT2D eigenvalue weighted by Gasteiger charge is 2.31. The van der Waals surface area contributed by atoms with Crippen LogP contribution in [-0.2, 0) is 14.8 Å². The molecule has 0 aromatic heterocycles. The van der Waals surface area contributed by atoms with Crippen LogP contribution in [0.5, 0.6) is 0 Å². The summed E-state index contributed by atoms with van der Waals surface area (Å²) < 4.78 is 28.3. The maximum Gasteiger partial charge on any atom is 0.285 e. The van der Waals surface area contributed by atoms with Crippen LogP contribution in [-0.4, -0.2) is 62.2 Å². The largest absolute Gasteiger partial charge is 0.358 e. The highest BCUT2D eigenvalue weighted by Crippen LogP contribution is 2.27. The summed E-state index contributed by atoms with van der Waals surface area (Å²) in [7, 11) is -1.81.